The van der Waals surface area contributed by atoms with Crippen LogP contribution in [-0.4, -0.2) is 4.98 Å². The van der Waals surface area contributed by atoms with E-state index in [2.05, 4.69) is 11.9 Å². The molecule has 13 heavy (non-hydrogen) atoms. The summed E-state index contributed by atoms with van der Waals surface area (Å²) in [5, 5.41) is 2.54. The van der Waals surface area contributed by atoms with Crippen molar-refractivity contribution in [2.75, 3.05) is 5.73 Å². The maximum absolute atomic E-state index is 5.55. The molecule has 0 unspecified atom stereocenters. The third-order valence-electron chi connectivity index (χ3n) is 1.86. The van der Waals surface area contributed by atoms with E-state index in [1.54, 1.807) is 6.26 Å². The van der Waals surface area contributed by atoms with Gasteiger partial charge in [0.1, 0.15) is 5.76 Å². The van der Waals surface area contributed by atoms with Crippen molar-refractivity contribution in [3.8, 4) is 11.3 Å². The van der Waals surface area contributed by atoms with E-state index >= 15 is 0 Å². The molecule has 0 amide bonds. The first-order valence-corrected chi connectivity index (χ1v) is 4.97. The summed E-state index contributed by atoms with van der Waals surface area (Å²) in [7, 11) is 0. The minimum Gasteiger partial charge on any atom is -0.469 e. The summed E-state index contributed by atoms with van der Waals surface area (Å²) in [6.07, 6.45) is 2.56. The molecule has 0 bridgehead atoms. The van der Waals surface area contributed by atoms with Gasteiger partial charge in [-0.15, -0.1) is 11.3 Å². The fourth-order valence-electron chi connectivity index (χ4n) is 1.25. The van der Waals surface area contributed by atoms with E-state index in [1.165, 1.54) is 11.3 Å². The van der Waals surface area contributed by atoms with Crippen molar-refractivity contribution in [3.63, 3.8) is 0 Å². The number of hydrogen-bond acceptors (Lipinski definition) is 4. The van der Waals surface area contributed by atoms with Crippen molar-refractivity contribution in [2.24, 2.45) is 0 Å². The number of thiazole rings is 1. The molecule has 0 saturated carbocycles. The molecule has 2 N–H and O–H groups in total. The fraction of sp³-hybridized carbons (Fsp3) is 0.222. The molecule has 0 atom stereocenters. The van der Waals surface area contributed by atoms with Gasteiger partial charge < -0.3 is 10.2 Å². The quantitative estimate of drug-likeness (QED) is 0.799. The second kappa shape index (κ2) is 3.22. The average molecular weight is 194 g/mol. The van der Waals surface area contributed by atoms with E-state index in [1.807, 2.05) is 11.4 Å². The summed E-state index contributed by atoms with van der Waals surface area (Å²) in [5.41, 5.74) is 7.51. The van der Waals surface area contributed by atoms with E-state index in [0.29, 0.717) is 5.13 Å². The first-order valence-electron chi connectivity index (χ1n) is 4.09. The van der Waals surface area contributed by atoms with Gasteiger partial charge in [-0.1, -0.05) is 6.92 Å². The lowest BCUT2D eigenvalue weighted by Gasteiger charge is -1.93. The number of nitrogens with two attached hydrogens (primary N) is 1. The molecule has 4 heteroatoms. The SMILES string of the molecule is CCc1occc1-c1csc(N)n1. The number of anilines is 1. The van der Waals surface area contributed by atoms with Gasteiger partial charge in [0.05, 0.1) is 12.0 Å². The highest BCUT2D eigenvalue weighted by Gasteiger charge is 2.09. The first kappa shape index (κ1) is 8.31. The third kappa shape index (κ3) is 1.45. The maximum Gasteiger partial charge on any atom is 0.180 e. The zero-order valence-electron chi connectivity index (χ0n) is 7.28. The highest BCUT2D eigenvalue weighted by molar-refractivity contribution is 7.13. The summed E-state index contributed by atoms with van der Waals surface area (Å²) >= 11 is 1.45. The Morgan fingerprint density at radius 1 is 1.62 bits per heavy atom. The van der Waals surface area contributed by atoms with Gasteiger partial charge in [-0.05, 0) is 6.07 Å². The molecule has 0 aromatic carbocycles. The summed E-state index contributed by atoms with van der Waals surface area (Å²) in [6, 6.07) is 1.92. The predicted molar refractivity (Wildman–Crippen MR) is 53.6 cm³/mol. The molecule has 0 spiro atoms. The molecule has 68 valence electrons. The first-order chi connectivity index (χ1) is 6.31. The fourth-order valence-corrected chi connectivity index (χ4v) is 1.82. The zero-order chi connectivity index (χ0) is 9.26. The van der Waals surface area contributed by atoms with Crippen LogP contribution in [0, 0.1) is 0 Å². The van der Waals surface area contributed by atoms with Gasteiger partial charge in [0.25, 0.3) is 0 Å². The molecule has 3 nitrogen and oxygen atoms in total. The molecule has 0 fully saturated rings. The van der Waals surface area contributed by atoms with Crippen molar-refractivity contribution in [1.82, 2.24) is 4.98 Å². The Kier molecular flexibility index (Phi) is 2.06. The van der Waals surface area contributed by atoms with E-state index in [-0.39, 0.29) is 0 Å². The van der Waals surface area contributed by atoms with Crippen LogP contribution >= 0.6 is 11.3 Å². The van der Waals surface area contributed by atoms with Crippen LogP contribution in [0.15, 0.2) is 22.1 Å². The molecule has 2 aromatic heterocycles. The highest BCUT2D eigenvalue weighted by Crippen LogP contribution is 2.27. The third-order valence-corrected chi connectivity index (χ3v) is 2.54. The highest BCUT2D eigenvalue weighted by atomic mass is 32.1. The van der Waals surface area contributed by atoms with E-state index < -0.39 is 0 Å². The summed E-state index contributed by atoms with van der Waals surface area (Å²) in [5.74, 6) is 0.963. The van der Waals surface area contributed by atoms with Crippen molar-refractivity contribution in [3.05, 3.63) is 23.5 Å². The molecule has 2 rings (SSSR count). The van der Waals surface area contributed by atoms with E-state index in [9.17, 15) is 0 Å². The summed E-state index contributed by atoms with van der Waals surface area (Å²) in [4.78, 5) is 4.20. The Labute approximate surface area is 80.2 Å². The Bertz CT molecular complexity index is 405. The Balaban J connectivity index is 2.45. The normalized spacial score (nSPS) is 10.5. The predicted octanol–water partition coefficient (Wildman–Crippen LogP) is 2.55. The van der Waals surface area contributed by atoms with Crippen molar-refractivity contribution >= 4 is 16.5 Å². The Hall–Kier alpha value is -1.29. The minimum absolute atomic E-state index is 0.596. The Morgan fingerprint density at radius 3 is 3.08 bits per heavy atom. The largest absolute Gasteiger partial charge is 0.469 e. The topological polar surface area (TPSA) is 52.0 Å². The van der Waals surface area contributed by atoms with Gasteiger partial charge in [-0.3, -0.25) is 0 Å². The van der Waals surface area contributed by atoms with Gasteiger partial charge in [0, 0.05) is 17.4 Å². The van der Waals surface area contributed by atoms with E-state index in [0.717, 1.165) is 23.4 Å². The molecule has 2 heterocycles. The van der Waals surface area contributed by atoms with Gasteiger partial charge in [-0.25, -0.2) is 4.98 Å². The van der Waals surface area contributed by atoms with E-state index in [4.69, 9.17) is 10.2 Å². The van der Waals surface area contributed by atoms with Crippen LogP contribution < -0.4 is 5.73 Å². The summed E-state index contributed by atoms with van der Waals surface area (Å²) in [6.45, 7) is 2.05. The number of nitrogen functional groups attached to an aromatic ring is 1. The van der Waals surface area contributed by atoms with Crippen molar-refractivity contribution < 1.29 is 4.42 Å². The van der Waals surface area contributed by atoms with Crippen LogP contribution in [0.4, 0.5) is 5.13 Å². The van der Waals surface area contributed by atoms with Crippen LogP contribution in [0.2, 0.25) is 0 Å². The average Bonchev–Trinajstić information content (AvgIpc) is 2.71. The minimum atomic E-state index is 0.596. The number of aromatic nitrogens is 1. The number of rotatable bonds is 2. The second-order valence-electron chi connectivity index (χ2n) is 2.68. The van der Waals surface area contributed by atoms with Gasteiger partial charge in [-0.2, -0.15) is 0 Å². The summed E-state index contributed by atoms with van der Waals surface area (Å²) < 4.78 is 5.30. The van der Waals surface area contributed by atoms with Crippen molar-refractivity contribution in [1.29, 1.82) is 0 Å². The zero-order valence-corrected chi connectivity index (χ0v) is 8.10. The van der Waals surface area contributed by atoms with Crippen LogP contribution in [-0.2, 0) is 6.42 Å². The lowest BCUT2D eigenvalue weighted by atomic mass is 10.2. The van der Waals surface area contributed by atoms with Gasteiger partial charge in [0.15, 0.2) is 5.13 Å². The van der Waals surface area contributed by atoms with Crippen LogP contribution in [0.5, 0.6) is 0 Å². The van der Waals surface area contributed by atoms with Crippen LogP contribution in [0.1, 0.15) is 12.7 Å². The maximum atomic E-state index is 5.55. The lowest BCUT2D eigenvalue weighted by molar-refractivity contribution is 0.517. The molecular formula is C9H10N2OS. The number of nitrogens with zero attached hydrogens (tertiary/aromatic N) is 1. The molecular weight excluding hydrogens is 184 g/mol. The molecule has 0 aliphatic heterocycles. The van der Waals surface area contributed by atoms with Crippen LogP contribution in [0.3, 0.4) is 0 Å². The Morgan fingerprint density at radius 2 is 2.46 bits per heavy atom. The number of hydrogen-bond donors (Lipinski definition) is 1. The molecule has 0 saturated heterocycles. The van der Waals surface area contributed by atoms with Crippen LogP contribution in [0.25, 0.3) is 11.3 Å². The van der Waals surface area contributed by atoms with Crippen molar-refractivity contribution in [2.45, 2.75) is 13.3 Å². The smallest absolute Gasteiger partial charge is 0.180 e. The standard InChI is InChI=1S/C9H10N2OS/c1-2-8-6(3-4-12-8)7-5-13-9(10)11-7/h3-5H,2H2,1H3,(H2,10,11). The second-order valence-corrected chi connectivity index (χ2v) is 3.57. The lowest BCUT2D eigenvalue weighted by Crippen LogP contribution is -1.84. The van der Waals surface area contributed by atoms with Gasteiger partial charge >= 0.3 is 0 Å². The molecule has 0 aliphatic carbocycles. The molecule has 2 aromatic rings. The van der Waals surface area contributed by atoms with Gasteiger partial charge in [0.2, 0.25) is 0 Å². The molecule has 0 aliphatic rings. The number of aryl methyl sites for hydroxylation is 1. The monoisotopic (exact) mass is 194 g/mol. The number of furan rings is 1. The molecule has 0 radical (unpaired) electrons.